The summed E-state index contributed by atoms with van der Waals surface area (Å²) in [4.78, 5) is 16.8. The summed E-state index contributed by atoms with van der Waals surface area (Å²) in [5.41, 5.74) is 7.01. The molecule has 5 aromatic rings. The second-order valence-electron chi connectivity index (χ2n) is 8.86. The number of pyridine rings is 1. The normalized spacial score (nSPS) is 11.5. The Bertz CT molecular complexity index is 1600. The van der Waals surface area contributed by atoms with E-state index in [0.29, 0.717) is 0 Å². The van der Waals surface area contributed by atoms with Crippen molar-refractivity contribution >= 4 is 27.8 Å². The van der Waals surface area contributed by atoms with Crippen LogP contribution in [-0.4, -0.2) is 33.4 Å². The zero-order chi connectivity index (χ0) is 24.9. The van der Waals surface area contributed by atoms with Crippen molar-refractivity contribution in [2.45, 2.75) is 26.7 Å². The highest BCUT2D eigenvalue weighted by atomic mass is 19.1. The van der Waals surface area contributed by atoms with Gasteiger partial charge in [0.15, 0.2) is 0 Å². The summed E-state index contributed by atoms with van der Waals surface area (Å²) >= 11 is 0. The van der Waals surface area contributed by atoms with Crippen LogP contribution in [-0.2, 0) is 0 Å². The van der Waals surface area contributed by atoms with Crippen molar-refractivity contribution in [2.24, 2.45) is 0 Å². The highest BCUT2D eigenvalue weighted by molar-refractivity contribution is 6.07. The van der Waals surface area contributed by atoms with E-state index in [-0.39, 0.29) is 23.0 Å². The number of carboxylic acids is 1. The minimum absolute atomic E-state index is 0.0625. The molecule has 7 heteroatoms. The molecule has 0 spiro atoms. The molecule has 0 saturated carbocycles. The van der Waals surface area contributed by atoms with Gasteiger partial charge >= 0.3 is 5.97 Å². The zero-order valence-electron chi connectivity index (χ0n) is 19.8. The molecule has 6 nitrogen and oxygen atoms in total. The number of carboxylic acid groups (broad SMARTS) is 1. The molecular weight excluding hydrogens is 445 g/mol. The van der Waals surface area contributed by atoms with Crippen LogP contribution in [0.15, 0.2) is 54.7 Å². The SMILES string of the molecule is COc1cc(-c2nc3c(C)c4[nH]ncc4cc3c(-c3ccc(F)cc3)c2C(C)C)ccc1C(=O)O. The van der Waals surface area contributed by atoms with Gasteiger partial charge in [-0.3, -0.25) is 5.10 Å². The number of hydrogen-bond donors (Lipinski definition) is 2. The Hall–Kier alpha value is -4.26. The number of benzene rings is 3. The zero-order valence-corrected chi connectivity index (χ0v) is 19.8. The van der Waals surface area contributed by atoms with Crippen LogP contribution in [0.2, 0.25) is 0 Å². The Labute approximate surface area is 201 Å². The molecule has 0 bridgehead atoms. The van der Waals surface area contributed by atoms with Gasteiger partial charge in [0, 0.05) is 21.9 Å². The van der Waals surface area contributed by atoms with E-state index in [1.165, 1.54) is 25.3 Å². The lowest BCUT2D eigenvalue weighted by Gasteiger charge is -2.22. The highest BCUT2D eigenvalue weighted by Crippen LogP contribution is 2.43. The lowest BCUT2D eigenvalue weighted by molar-refractivity contribution is 0.0693. The number of nitrogens with one attached hydrogen (secondary N) is 1. The number of methoxy groups -OCH3 is 1. The fourth-order valence-corrected chi connectivity index (χ4v) is 4.74. The smallest absolute Gasteiger partial charge is 0.339 e. The predicted octanol–water partition coefficient (Wildman–Crippen LogP) is 6.72. The number of hydrogen-bond acceptors (Lipinski definition) is 4. The van der Waals surface area contributed by atoms with Gasteiger partial charge in [-0.1, -0.05) is 32.0 Å². The quantitative estimate of drug-likeness (QED) is 0.298. The molecule has 0 aliphatic carbocycles. The minimum Gasteiger partial charge on any atom is -0.496 e. The number of halogens is 1. The Morgan fingerprint density at radius 1 is 1.09 bits per heavy atom. The first-order valence-electron chi connectivity index (χ1n) is 11.3. The molecule has 0 aliphatic heterocycles. The molecular formula is C28H24FN3O3. The predicted molar refractivity (Wildman–Crippen MR) is 135 cm³/mol. The third kappa shape index (κ3) is 3.69. The van der Waals surface area contributed by atoms with Crippen molar-refractivity contribution in [3.8, 4) is 28.1 Å². The summed E-state index contributed by atoms with van der Waals surface area (Å²) < 4.78 is 19.2. The van der Waals surface area contributed by atoms with Gasteiger partial charge in [-0.05, 0) is 59.9 Å². The van der Waals surface area contributed by atoms with Crippen LogP contribution in [0, 0.1) is 12.7 Å². The molecule has 0 fully saturated rings. The molecule has 35 heavy (non-hydrogen) atoms. The van der Waals surface area contributed by atoms with Crippen LogP contribution in [0.5, 0.6) is 5.75 Å². The van der Waals surface area contributed by atoms with E-state index in [1.807, 2.05) is 6.92 Å². The van der Waals surface area contributed by atoms with Crippen molar-refractivity contribution in [1.29, 1.82) is 0 Å². The maximum Gasteiger partial charge on any atom is 0.339 e. The first-order valence-corrected chi connectivity index (χ1v) is 11.3. The Morgan fingerprint density at radius 3 is 2.46 bits per heavy atom. The number of aryl methyl sites for hydroxylation is 1. The van der Waals surface area contributed by atoms with Gasteiger partial charge in [0.25, 0.3) is 0 Å². The molecule has 2 heterocycles. The topological polar surface area (TPSA) is 88.1 Å². The first kappa shape index (κ1) is 22.5. The van der Waals surface area contributed by atoms with Crippen LogP contribution in [0.1, 0.15) is 41.3 Å². The molecule has 2 N–H and O–H groups in total. The molecule has 0 saturated heterocycles. The average Bonchev–Trinajstić information content (AvgIpc) is 3.32. The third-order valence-electron chi connectivity index (χ3n) is 6.39. The average molecular weight is 470 g/mol. The number of H-pyrrole nitrogens is 1. The fraction of sp³-hybridized carbons (Fsp3) is 0.179. The molecule has 176 valence electrons. The maximum absolute atomic E-state index is 13.9. The van der Waals surface area contributed by atoms with Crippen LogP contribution in [0.3, 0.4) is 0 Å². The van der Waals surface area contributed by atoms with Gasteiger partial charge in [0.05, 0.1) is 30.0 Å². The molecule has 2 aromatic heterocycles. The Kier molecular flexibility index (Phi) is 5.47. The minimum atomic E-state index is -1.06. The number of ether oxygens (including phenoxy) is 1. The lowest BCUT2D eigenvalue weighted by Crippen LogP contribution is -2.04. The molecule has 0 atom stereocenters. The largest absolute Gasteiger partial charge is 0.496 e. The number of carbonyl (C=O) groups is 1. The van der Waals surface area contributed by atoms with Gasteiger partial charge in [-0.25, -0.2) is 14.2 Å². The molecule has 0 amide bonds. The van der Waals surface area contributed by atoms with Gasteiger partial charge < -0.3 is 9.84 Å². The van der Waals surface area contributed by atoms with Gasteiger partial charge in [0.2, 0.25) is 0 Å². The van der Waals surface area contributed by atoms with Gasteiger partial charge in [-0.2, -0.15) is 5.10 Å². The van der Waals surface area contributed by atoms with Crippen LogP contribution >= 0.6 is 0 Å². The van der Waals surface area contributed by atoms with Crippen molar-refractivity contribution in [2.75, 3.05) is 7.11 Å². The number of nitrogens with zero attached hydrogens (tertiary/aromatic N) is 2. The second-order valence-corrected chi connectivity index (χ2v) is 8.86. The summed E-state index contributed by atoms with van der Waals surface area (Å²) in [6.45, 7) is 6.17. The van der Waals surface area contributed by atoms with E-state index in [1.54, 1.807) is 30.5 Å². The van der Waals surface area contributed by atoms with Crippen LogP contribution in [0.4, 0.5) is 4.39 Å². The van der Waals surface area contributed by atoms with E-state index >= 15 is 0 Å². The van der Waals surface area contributed by atoms with Gasteiger partial charge in [0.1, 0.15) is 17.1 Å². The summed E-state index contributed by atoms with van der Waals surface area (Å²) in [7, 11) is 1.45. The van der Waals surface area contributed by atoms with Crippen molar-refractivity contribution in [1.82, 2.24) is 15.2 Å². The van der Waals surface area contributed by atoms with Crippen molar-refractivity contribution < 1.29 is 19.0 Å². The summed E-state index contributed by atoms with van der Waals surface area (Å²) in [5, 5.41) is 18.7. The van der Waals surface area contributed by atoms with E-state index in [4.69, 9.17) is 9.72 Å². The molecule has 0 aliphatic rings. The van der Waals surface area contributed by atoms with Crippen LogP contribution in [0.25, 0.3) is 44.2 Å². The molecule has 0 radical (unpaired) electrons. The number of aromatic amines is 1. The van der Waals surface area contributed by atoms with E-state index < -0.39 is 5.97 Å². The molecule has 0 unspecified atom stereocenters. The van der Waals surface area contributed by atoms with Crippen LogP contribution < -0.4 is 4.74 Å². The molecule has 5 rings (SSSR count). The number of rotatable bonds is 5. The maximum atomic E-state index is 13.9. The van der Waals surface area contributed by atoms with E-state index in [2.05, 4.69) is 30.1 Å². The fourth-order valence-electron chi connectivity index (χ4n) is 4.74. The number of aromatic carboxylic acids is 1. The Morgan fingerprint density at radius 2 is 1.80 bits per heavy atom. The molecule has 3 aromatic carbocycles. The monoisotopic (exact) mass is 469 g/mol. The standard InChI is InChI=1S/C28H24FN3O3/c1-14(2)23-24(16-5-8-19(29)9-6-16)21-11-18-13-30-32-25(18)15(3)26(21)31-27(23)17-7-10-20(28(33)34)22(12-17)35-4/h5-14H,1-4H3,(H,30,32)(H,33,34). The highest BCUT2D eigenvalue weighted by Gasteiger charge is 2.23. The number of aromatic nitrogens is 3. The van der Waals surface area contributed by atoms with Crippen molar-refractivity contribution in [3.05, 3.63) is 77.2 Å². The van der Waals surface area contributed by atoms with Crippen molar-refractivity contribution in [3.63, 3.8) is 0 Å². The lowest BCUT2D eigenvalue weighted by atomic mass is 9.85. The van der Waals surface area contributed by atoms with Gasteiger partial charge in [-0.15, -0.1) is 0 Å². The summed E-state index contributed by atoms with van der Waals surface area (Å²) in [5.74, 6) is -1.04. The van der Waals surface area contributed by atoms with E-state index in [9.17, 15) is 14.3 Å². The third-order valence-corrected chi connectivity index (χ3v) is 6.39. The second kappa shape index (κ2) is 8.51. The van der Waals surface area contributed by atoms with E-state index in [0.717, 1.165) is 55.3 Å². The Balaban J connectivity index is 1.94. The first-order chi connectivity index (χ1) is 16.8. The summed E-state index contributed by atoms with van der Waals surface area (Å²) in [6.07, 6.45) is 1.79. The summed E-state index contributed by atoms with van der Waals surface area (Å²) in [6, 6.07) is 13.5. The number of fused-ring (bicyclic) bond motifs is 2.